The van der Waals surface area contributed by atoms with E-state index in [4.69, 9.17) is 0 Å². The van der Waals surface area contributed by atoms with Gasteiger partial charge >= 0.3 is 5.97 Å². The van der Waals surface area contributed by atoms with E-state index in [1.165, 1.54) is 0 Å². The van der Waals surface area contributed by atoms with Gasteiger partial charge in [0.25, 0.3) is 5.56 Å². The smallest absolute Gasteiger partial charge is 0.336 e. The van der Waals surface area contributed by atoms with Gasteiger partial charge in [0.1, 0.15) is 0 Å². The molecule has 32 heavy (non-hydrogen) atoms. The number of imidazole rings is 1. The van der Waals surface area contributed by atoms with Gasteiger partial charge in [0, 0.05) is 17.7 Å². The predicted molar refractivity (Wildman–Crippen MR) is 122 cm³/mol. The molecule has 0 amide bonds. The number of carboxylic acid groups (broad SMARTS) is 1. The Hall–Kier alpha value is -3.87. The standard InChI is InChI=1S/C25H25N3O4/c1-3-4-9-21-20(23(30)27-25-26-22(29)15(2)28(21)25)14-16-10-12-17(13-11-16)18-7-5-6-8-19(18)24(31)32/h5-8,10-13,29H,3-4,9,14H2,1-2H3,(H,31,32)(H,26,27,30). The summed E-state index contributed by atoms with van der Waals surface area (Å²) in [5.41, 5.74) is 4.53. The molecular weight excluding hydrogens is 406 g/mol. The Morgan fingerprint density at radius 3 is 2.53 bits per heavy atom. The first-order valence-electron chi connectivity index (χ1n) is 10.6. The summed E-state index contributed by atoms with van der Waals surface area (Å²) in [7, 11) is 0. The second-order valence-corrected chi connectivity index (χ2v) is 7.89. The van der Waals surface area contributed by atoms with Crippen molar-refractivity contribution in [1.29, 1.82) is 0 Å². The average molecular weight is 431 g/mol. The largest absolute Gasteiger partial charge is 0.492 e. The zero-order valence-corrected chi connectivity index (χ0v) is 18.1. The number of unbranched alkanes of at least 4 members (excludes halogenated alkanes) is 1. The molecule has 0 fully saturated rings. The molecule has 3 N–H and O–H groups in total. The molecule has 0 aliphatic rings. The Kier molecular flexibility index (Phi) is 5.81. The number of carbonyl (C=O) groups is 1. The molecule has 0 spiro atoms. The minimum Gasteiger partial charge on any atom is -0.492 e. The summed E-state index contributed by atoms with van der Waals surface area (Å²) in [5, 5.41) is 19.5. The Morgan fingerprint density at radius 2 is 1.84 bits per heavy atom. The molecule has 0 aliphatic heterocycles. The molecule has 2 aromatic heterocycles. The lowest BCUT2D eigenvalue weighted by molar-refractivity contribution is 0.0697. The highest BCUT2D eigenvalue weighted by atomic mass is 16.4. The van der Waals surface area contributed by atoms with Crippen molar-refractivity contribution in [1.82, 2.24) is 14.4 Å². The molecule has 0 saturated carbocycles. The second kappa shape index (κ2) is 8.70. The van der Waals surface area contributed by atoms with Crippen LogP contribution in [-0.4, -0.2) is 30.6 Å². The highest BCUT2D eigenvalue weighted by Gasteiger charge is 2.18. The van der Waals surface area contributed by atoms with E-state index in [1.807, 2.05) is 34.7 Å². The van der Waals surface area contributed by atoms with Crippen molar-refractivity contribution in [3.8, 4) is 17.0 Å². The van der Waals surface area contributed by atoms with E-state index in [-0.39, 0.29) is 17.0 Å². The zero-order valence-electron chi connectivity index (χ0n) is 18.1. The van der Waals surface area contributed by atoms with Crippen molar-refractivity contribution in [2.24, 2.45) is 0 Å². The molecule has 0 unspecified atom stereocenters. The zero-order chi connectivity index (χ0) is 22.8. The summed E-state index contributed by atoms with van der Waals surface area (Å²) in [6, 6.07) is 14.5. The summed E-state index contributed by atoms with van der Waals surface area (Å²) in [6.45, 7) is 3.87. The van der Waals surface area contributed by atoms with Crippen molar-refractivity contribution in [2.75, 3.05) is 0 Å². The molecule has 2 aromatic carbocycles. The molecule has 7 nitrogen and oxygen atoms in total. The third-order valence-electron chi connectivity index (χ3n) is 5.77. The number of hydrogen-bond donors (Lipinski definition) is 3. The maximum absolute atomic E-state index is 12.9. The topological polar surface area (TPSA) is 108 Å². The molecule has 0 saturated heterocycles. The van der Waals surface area contributed by atoms with Crippen LogP contribution < -0.4 is 5.56 Å². The number of benzene rings is 2. The predicted octanol–water partition coefficient (Wildman–Crippen LogP) is 4.34. The summed E-state index contributed by atoms with van der Waals surface area (Å²) >= 11 is 0. The fourth-order valence-electron chi connectivity index (χ4n) is 4.06. The van der Waals surface area contributed by atoms with Crippen molar-refractivity contribution in [2.45, 2.75) is 39.5 Å². The third-order valence-corrected chi connectivity index (χ3v) is 5.77. The van der Waals surface area contributed by atoms with Gasteiger partial charge in [-0.05, 0) is 42.5 Å². The van der Waals surface area contributed by atoms with Crippen molar-refractivity contribution in [3.05, 3.63) is 87.0 Å². The van der Waals surface area contributed by atoms with Crippen molar-refractivity contribution in [3.63, 3.8) is 0 Å². The van der Waals surface area contributed by atoms with E-state index < -0.39 is 5.97 Å². The summed E-state index contributed by atoms with van der Waals surface area (Å²) in [5.74, 6) is -0.707. The van der Waals surface area contributed by atoms with Crippen LogP contribution in [0, 0.1) is 6.92 Å². The number of nitrogens with one attached hydrogen (secondary N) is 1. The molecule has 2 heterocycles. The Labute approximate surface area is 185 Å². The van der Waals surface area contributed by atoms with Crippen LogP contribution >= 0.6 is 0 Å². The summed E-state index contributed by atoms with van der Waals surface area (Å²) in [6.07, 6.45) is 3.01. The van der Waals surface area contributed by atoms with E-state index in [2.05, 4.69) is 16.9 Å². The summed E-state index contributed by atoms with van der Waals surface area (Å²) < 4.78 is 1.83. The number of carboxylic acids is 1. The van der Waals surface area contributed by atoms with E-state index in [0.29, 0.717) is 35.4 Å². The van der Waals surface area contributed by atoms with E-state index in [0.717, 1.165) is 29.7 Å². The monoisotopic (exact) mass is 431 g/mol. The number of aryl methyl sites for hydroxylation is 2. The number of H-pyrrole nitrogens is 1. The SMILES string of the molecule is CCCCc1c(Cc2ccc(-c3ccccc3C(=O)O)cc2)c(=O)[nH]c2nc(O)c(C)n12. The Balaban J connectivity index is 1.74. The van der Waals surface area contributed by atoms with Gasteiger partial charge in [-0.15, -0.1) is 0 Å². The molecular formula is C25H25N3O4. The molecule has 0 atom stereocenters. The van der Waals surface area contributed by atoms with Gasteiger partial charge in [-0.3, -0.25) is 14.2 Å². The van der Waals surface area contributed by atoms with E-state index in [9.17, 15) is 19.8 Å². The number of rotatable bonds is 7. The molecule has 0 radical (unpaired) electrons. The number of hydrogen-bond acceptors (Lipinski definition) is 4. The fraction of sp³-hybridized carbons (Fsp3) is 0.240. The van der Waals surface area contributed by atoms with Crippen molar-refractivity contribution >= 4 is 11.7 Å². The van der Waals surface area contributed by atoms with Crippen LogP contribution in [0.15, 0.2) is 53.3 Å². The minimum atomic E-state index is -0.968. The minimum absolute atomic E-state index is 0.0861. The van der Waals surface area contributed by atoms with Gasteiger partial charge < -0.3 is 10.2 Å². The number of aromatic carboxylic acids is 1. The van der Waals surface area contributed by atoms with Gasteiger partial charge in [-0.2, -0.15) is 4.98 Å². The lowest BCUT2D eigenvalue weighted by atomic mass is 9.96. The van der Waals surface area contributed by atoms with Crippen LogP contribution in [0.5, 0.6) is 5.88 Å². The lowest BCUT2D eigenvalue weighted by Gasteiger charge is -2.13. The van der Waals surface area contributed by atoms with Crippen LogP contribution in [0.25, 0.3) is 16.9 Å². The molecule has 0 bridgehead atoms. The third kappa shape index (κ3) is 3.89. The first-order valence-corrected chi connectivity index (χ1v) is 10.6. The number of aromatic hydroxyl groups is 1. The highest BCUT2D eigenvalue weighted by molar-refractivity contribution is 5.96. The summed E-state index contributed by atoms with van der Waals surface area (Å²) in [4.78, 5) is 31.3. The average Bonchev–Trinajstić information content (AvgIpc) is 3.07. The van der Waals surface area contributed by atoms with Crippen LogP contribution in [-0.2, 0) is 12.8 Å². The van der Waals surface area contributed by atoms with E-state index in [1.54, 1.807) is 25.1 Å². The first kappa shape index (κ1) is 21.4. The maximum atomic E-state index is 12.9. The molecule has 4 aromatic rings. The number of aromatic amines is 1. The van der Waals surface area contributed by atoms with E-state index >= 15 is 0 Å². The molecule has 7 heteroatoms. The molecule has 164 valence electrons. The number of nitrogens with zero attached hydrogens (tertiary/aromatic N) is 2. The van der Waals surface area contributed by atoms with Crippen LogP contribution in [0.3, 0.4) is 0 Å². The molecule has 4 rings (SSSR count). The quantitative estimate of drug-likeness (QED) is 0.404. The maximum Gasteiger partial charge on any atom is 0.336 e. The van der Waals surface area contributed by atoms with Crippen molar-refractivity contribution < 1.29 is 15.0 Å². The second-order valence-electron chi connectivity index (χ2n) is 7.89. The van der Waals surface area contributed by atoms with Crippen LogP contribution in [0.2, 0.25) is 0 Å². The fourth-order valence-corrected chi connectivity index (χ4v) is 4.06. The molecule has 0 aliphatic carbocycles. The number of aromatic nitrogens is 3. The Bertz CT molecular complexity index is 1350. The number of fused-ring (bicyclic) bond motifs is 1. The lowest BCUT2D eigenvalue weighted by Crippen LogP contribution is -2.21. The van der Waals surface area contributed by atoms with Gasteiger partial charge in [0.2, 0.25) is 11.7 Å². The van der Waals surface area contributed by atoms with Crippen LogP contribution in [0.1, 0.15) is 52.6 Å². The van der Waals surface area contributed by atoms with Gasteiger partial charge in [0.05, 0.1) is 11.3 Å². The highest BCUT2D eigenvalue weighted by Crippen LogP contribution is 2.26. The van der Waals surface area contributed by atoms with Crippen LogP contribution in [0.4, 0.5) is 0 Å². The van der Waals surface area contributed by atoms with Gasteiger partial charge in [-0.25, -0.2) is 4.79 Å². The normalized spacial score (nSPS) is 11.2. The first-order chi connectivity index (χ1) is 15.4. The van der Waals surface area contributed by atoms with Gasteiger partial charge in [0.15, 0.2) is 0 Å². The Morgan fingerprint density at radius 1 is 1.12 bits per heavy atom. The van der Waals surface area contributed by atoms with Gasteiger partial charge in [-0.1, -0.05) is 55.8 Å².